The summed E-state index contributed by atoms with van der Waals surface area (Å²) in [6, 6.07) is 6.19. The Morgan fingerprint density at radius 3 is 2.84 bits per heavy atom. The molecule has 1 aromatic carbocycles. The fraction of sp³-hybridized carbons (Fsp3) is 0.500. The number of alkyl halides is 1. The second kappa shape index (κ2) is 6.35. The molecule has 0 radical (unpaired) electrons. The highest BCUT2D eigenvalue weighted by Crippen LogP contribution is 2.23. The average molecular weight is 286 g/mol. The average Bonchev–Trinajstić information content (AvgIpc) is 2.46. The van der Waals surface area contributed by atoms with Crippen LogP contribution in [-0.4, -0.2) is 36.4 Å². The number of carbonyl (C=O) groups excluding carboxylic acids is 1. The molecule has 1 saturated heterocycles. The second-order valence-electron chi connectivity index (χ2n) is 4.75. The molecule has 19 heavy (non-hydrogen) atoms. The minimum Gasteiger partial charge on any atom is -0.370 e. The van der Waals surface area contributed by atoms with Gasteiger partial charge in [0.2, 0.25) is 5.91 Å². The number of ether oxygens (including phenoxy) is 1. The largest absolute Gasteiger partial charge is 0.370 e. The van der Waals surface area contributed by atoms with Crippen molar-refractivity contribution in [2.75, 3.05) is 25.6 Å². The Kier molecular flexibility index (Phi) is 4.77. The summed E-state index contributed by atoms with van der Waals surface area (Å²) in [5.41, 5.74) is 0.887. The van der Waals surface area contributed by atoms with E-state index < -0.39 is 0 Å². The molecule has 1 aromatic rings. The standard InChI is InChI=1S/C14H17ClFNO2/c1-10(8-15)14(18)17-6-7-19-13(9-17)11-2-4-12(16)5-3-11/h2-5,10,13H,6-9H2,1H3. The van der Waals surface area contributed by atoms with Gasteiger partial charge in [-0.1, -0.05) is 19.1 Å². The van der Waals surface area contributed by atoms with E-state index in [4.69, 9.17) is 16.3 Å². The smallest absolute Gasteiger partial charge is 0.226 e. The Balaban J connectivity index is 2.04. The molecule has 3 nitrogen and oxygen atoms in total. The molecule has 1 aliphatic rings. The van der Waals surface area contributed by atoms with Crippen LogP contribution >= 0.6 is 11.6 Å². The summed E-state index contributed by atoms with van der Waals surface area (Å²) in [5, 5.41) is 0. The number of amides is 1. The first-order chi connectivity index (χ1) is 9.11. The molecular formula is C14H17ClFNO2. The van der Waals surface area contributed by atoms with Crippen molar-refractivity contribution in [1.82, 2.24) is 4.90 Å². The minimum atomic E-state index is -0.275. The van der Waals surface area contributed by atoms with Crippen molar-refractivity contribution < 1.29 is 13.9 Å². The lowest BCUT2D eigenvalue weighted by molar-refractivity contribution is -0.142. The molecule has 5 heteroatoms. The number of morpholine rings is 1. The molecule has 0 aliphatic carbocycles. The van der Waals surface area contributed by atoms with Gasteiger partial charge in [-0.2, -0.15) is 0 Å². The summed E-state index contributed by atoms with van der Waals surface area (Å²) in [4.78, 5) is 13.9. The molecule has 104 valence electrons. The van der Waals surface area contributed by atoms with Crippen molar-refractivity contribution in [3.05, 3.63) is 35.6 Å². The van der Waals surface area contributed by atoms with Crippen molar-refractivity contribution in [1.29, 1.82) is 0 Å². The first-order valence-corrected chi connectivity index (χ1v) is 6.87. The van der Waals surface area contributed by atoms with Crippen LogP contribution in [0.5, 0.6) is 0 Å². The van der Waals surface area contributed by atoms with Gasteiger partial charge in [0, 0.05) is 18.3 Å². The van der Waals surface area contributed by atoms with Gasteiger partial charge in [0.25, 0.3) is 0 Å². The van der Waals surface area contributed by atoms with Crippen molar-refractivity contribution >= 4 is 17.5 Å². The lowest BCUT2D eigenvalue weighted by Gasteiger charge is -2.34. The molecule has 1 amide bonds. The number of hydrogen-bond acceptors (Lipinski definition) is 2. The Labute approximate surface area is 117 Å². The SMILES string of the molecule is CC(CCl)C(=O)N1CCOC(c2ccc(F)cc2)C1. The topological polar surface area (TPSA) is 29.5 Å². The van der Waals surface area contributed by atoms with E-state index in [9.17, 15) is 9.18 Å². The Hall–Kier alpha value is -1.13. The maximum Gasteiger partial charge on any atom is 0.226 e. The fourth-order valence-corrected chi connectivity index (χ4v) is 2.24. The summed E-state index contributed by atoms with van der Waals surface area (Å²) in [6.07, 6.45) is -0.194. The predicted octanol–water partition coefficient (Wildman–Crippen LogP) is 2.60. The highest BCUT2D eigenvalue weighted by molar-refractivity contribution is 6.19. The lowest BCUT2D eigenvalue weighted by Crippen LogP contribution is -2.44. The zero-order valence-corrected chi connectivity index (χ0v) is 11.6. The number of hydrogen-bond donors (Lipinski definition) is 0. The summed E-state index contributed by atoms with van der Waals surface area (Å²) in [5.74, 6) is -0.0977. The van der Waals surface area contributed by atoms with E-state index in [0.29, 0.717) is 25.6 Å². The van der Waals surface area contributed by atoms with Crippen LogP contribution in [0, 0.1) is 11.7 Å². The van der Waals surface area contributed by atoms with Crippen LogP contribution in [0.2, 0.25) is 0 Å². The van der Waals surface area contributed by atoms with E-state index >= 15 is 0 Å². The van der Waals surface area contributed by atoms with Gasteiger partial charge in [-0.05, 0) is 17.7 Å². The van der Waals surface area contributed by atoms with Crippen molar-refractivity contribution in [3.63, 3.8) is 0 Å². The number of carbonyl (C=O) groups is 1. The van der Waals surface area contributed by atoms with E-state index in [1.807, 2.05) is 6.92 Å². The maximum atomic E-state index is 12.9. The number of rotatable bonds is 3. The molecule has 0 aromatic heterocycles. The third-order valence-electron chi connectivity index (χ3n) is 3.27. The van der Waals surface area contributed by atoms with Gasteiger partial charge in [-0.15, -0.1) is 11.6 Å². The van der Waals surface area contributed by atoms with Gasteiger partial charge in [0.05, 0.1) is 13.2 Å². The van der Waals surface area contributed by atoms with Crippen LogP contribution in [0.25, 0.3) is 0 Å². The molecule has 2 unspecified atom stereocenters. The number of nitrogens with zero attached hydrogens (tertiary/aromatic N) is 1. The maximum absolute atomic E-state index is 12.9. The lowest BCUT2D eigenvalue weighted by atomic mass is 10.1. The molecule has 1 fully saturated rings. The fourth-order valence-electron chi connectivity index (χ4n) is 2.11. The van der Waals surface area contributed by atoms with Gasteiger partial charge >= 0.3 is 0 Å². The monoisotopic (exact) mass is 285 g/mol. The Morgan fingerprint density at radius 1 is 1.53 bits per heavy atom. The van der Waals surface area contributed by atoms with Crippen molar-refractivity contribution in [2.45, 2.75) is 13.0 Å². The van der Waals surface area contributed by atoms with E-state index in [-0.39, 0.29) is 23.7 Å². The highest BCUT2D eigenvalue weighted by atomic mass is 35.5. The molecule has 0 bridgehead atoms. The van der Waals surface area contributed by atoms with Gasteiger partial charge in [0.15, 0.2) is 0 Å². The molecule has 0 spiro atoms. The molecule has 0 N–H and O–H groups in total. The van der Waals surface area contributed by atoms with Gasteiger partial charge in [0.1, 0.15) is 11.9 Å². The Bertz CT molecular complexity index is 438. The summed E-state index contributed by atoms with van der Waals surface area (Å²) >= 11 is 5.72. The number of benzene rings is 1. The molecule has 2 atom stereocenters. The van der Waals surface area contributed by atoms with E-state index in [1.165, 1.54) is 12.1 Å². The summed E-state index contributed by atoms with van der Waals surface area (Å²) in [6.45, 7) is 3.38. The zero-order valence-electron chi connectivity index (χ0n) is 10.8. The third-order valence-corrected chi connectivity index (χ3v) is 3.74. The van der Waals surface area contributed by atoms with Crippen molar-refractivity contribution in [2.24, 2.45) is 5.92 Å². The minimum absolute atomic E-state index is 0.0467. The molecule has 0 saturated carbocycles. The molecule has 2 rings (SSSR count). The molecular weight excluding hydrogens is 269 g/mol. The van der Waals surface area contributed by atoms with Gasteiger partial charge in [-0.3, -0.25) is 4.79 Å². The van der Waals surface area contributed by atoms with Crippen LogP contribution in [0.4, 0.5) is 4.39 Å². The first kappa shape index (κ1) is 14.3. The normalized spacial score (nSPS) is 21.2. The van der Waals surface area contributed by atoms with Crippen LogP contribution in [0.3, 0.4) is 0 Å². The van der Waals surface area contributed by atoms with E-state index in [1.54, 1.807) is 17.0 Å². The third kappa shape index (κ3) is 3.45. The molecule has 1 aliphatic heterocycles. The van der Waals surface area contributed by atoms with E-state index in [2.05, 4.69) is 0 Å². The van der Waals surface area contributed by atoms with E-state index in [0.717, 1.165) is 5.56 Å². The molecule has 1 heterocycles. The Morgan fingerprint density at radius 2 is 2.21 bits per heavy atom. The van der Waals surface area contributed by atoms with Crippen LogP contribution in [0.1, 0.15) is 18.6 Å². The van der Waals surface area contributed by atoms with Crippen LogP contribution in [0.15, 0.2) is 24.3 Å². The second-order valence-corrected chi connectivity index (χ2v) is 5.06. The quantitative estimate of drug-likeness (QED) is 0.799. The summed E-state index contributed by atoms with van der Waals surface area (Å²) < 4.78 is 18.5. The first-order valence-electron chi connectivity index (χ1n) is 6.33. The van der Waals surface area contributed by atoms with Crippen LogP contribution < -0.4 is 0 Å². The zero-order chi connectivity index (χ0) is 13.8. The summed E-state index contributed by atoms with van der Waals surface area (Å²) in [7, 11) is 0. The predicted molar refractivity (Wildman–Crippen MR) is 71.6 cm³/mol. The van der Waals surface area contributed by atoms with Crippen LogP contribution in [-0.2, 0) is 9.53 Å². The highest BCUT2D eigenvalue weighted by Gasteiger charge is 2.27. The number of halogens is 2. The van der Waals surface area contributed by atoms with Crippen molar-refractivity contribution in [3.8, 4) is 0 Å². The van der Waals surface area contributed by atoms with Gasteiger partial charge in [-0.25, -0.2) is 4.39 Å². The van der Waals surface area contributed by atoms with Gasteiger partial charge < -0.3 is 9.64 Å².